The van der Waals surface area contributed by atoms with Gasteiger partial charge in [0.1, 0.15) is 0 Å². The summed E-state index contributed by atoms with van der Waals surface area (Å²) in [6.45, 7) is 5.45. The van der Waals surface area contributed by atoms with E-state index in [4.69, 9.17) is 0 Å². The van der Waals surface area contributed by atoms with Crippen LogP contribution in [0.4, 0.5) is 0 Å². The molecule has 1 aliphatic rings. The van der Waals surface area contributed by atoms with Crippen LogP contribution in [0.25, 0.3) is 0 Å². The maximum Gasteiger partial charge on any atom is 0.236 e. The molecule has 0 saturated heterocycles. The molecule has 1 aliphatic carbocycles. The minimum Gasteiger partial charge on any atom is -0.355 e. The van der Waals surface area contributed by atoms with Crippen molar-refractivity contribution in [1.29, 1.82) is 0 Å². The first-order chi connectivity index (χ1) is 9.22. The van der Waals surface area contributed by atoms with Crippen LogP contribution in [-0.4, -0.2) is 25.0 Å². The Morgan fingerprint density at radius 2 is 2.21 bits per heavy atom. The molecular weight excluding hydrogens is 236 g/mol. The first kappa shape index (κ1) is 14.1. The van der Waals surface area contributed by atoms with Gasteiger partial charge in [-0.25, -0.2) is 0 Å². The molecule has 0 heterocycles. The number of amides is 1. The molecule has 3 nitrogen and oxygen atoms in total. The highest BCUT2D eigenvalue weighted by Crippen LogP contribution is 2.30. The largest absolute Gasteiger partial charge is 0.355 e. The average Bonchev–Trinajstić information content (AvgIpc) is 2.45. The Bertz CT molecular complexity index is 431. The smallest absolute Gasteiger partial charge is 0.236 e. The monoisotopic (exact) mass is 260 g/mol. The lowest BCUT2D eigenvalue weighted by molar-refractivity contribution is -0.122. The number of aryl methyl sites for hydroxylation is 1. The highest BCUT2D eigenvalue weighted by molar-refractivity contribution is 5.81. The molecule has 0 radical (unpaired) electrons. The van der Waals surface area contributed by atoms with Crippen LogP contribution >= 0.6 is 0 Å². The van der Waals surface area contributed by atoms with Gasteiger partial charge >= 0.3 is 0 Å². The van der Waals surface area contributed by atoms with Gasteiger partial charge in [0.25, 0.3) is 0 Å². The maximum atomic E-state index is 11.7. The van der Waals surface area contributed by atoms with Crippen LogP contribution in [0.1, 0.15) is 43.7 Å². The molecule has 2 N–H and O–H groups in total. The lowest BCUT2D eigenvalue weighted by Gasteiger charge is -2.27. The standard InChI is InChI=1S/C16H24N2O/c1-3-17-16(19)12(2)18-11-14-9-6-8-13-7-4-5-10-15(13)14/h4-5,7,10,12,14,18H,3,6,8-9,11H2,1-2H3,(H,17,19). The van der Waals surface area contributed by atoms with E-state index in [1.165, 1.54) is 30.4 Å². The van der Waals surface area contributed by atoms with E-state index in [2.05, 4.69) is 34.9 Å². The first-order valence-electron chi connectivity index (χ1n) is 7.31. The van der Waals surface area contributed by atoms with E-state index in [0.717, 1.165) is 6.54 Å². The number of rotatable bonds is 5. The third kappa shape index (κ3) is 3.57. The summed E-state index contributed by atoms with van der Waals surface area (Å²) in [5.74, 6) is 0.633. The van der Waals surface area contributed by atoms with Gasteiger partial charge in [-0.15, -0.1) is 0 Å². The topological polar surface area (TPSA) is 41.1 Å². The lowest BCUT2D eigenvalue weighted by atomic mass is 9.83. The van der Waals surface area contributed by atoms with Crippen molar-refractivity contribution in [3.63, 3.8) is 0 Å². The maximum absolute atomic E-state index is 11.7. The highest BCUT2D eigenvalue weighted by Gasteiger charge is 2.21. The fourth-order valence-electron chi connectivity index (χ4n) is 2.81. The van der Waals surface area contributed by atoms with Crippen LogP contribution in [0.5, 0.6) is 0 Å². The number of fused-ring (bicyclic) bond motifs is 1. The summed E-state index contributed by atoms with van der Waals surface area (Å²) in [5.41, 5.74) is 2.94. The summed E-state index contributed by atoms with van der Waals surface area (Å²) < 4.78 is 0. The van der Waals surface area contributed by atoms with Gasteiger partial charge in [0.05, 0.1) is 6.04 Å². The molecule has 0 aliphatic heterocycles. The predicted molar refractivity (Wildman–Crippen MR) is 78.3 cm³/mol. The van der Waals surface area contributed by atoms with Crippen LogP contribution in [0.3, 0.4) is 0 Å². The Hall–Kier alpha value is -1.35. The SMILES string of the molecule is CCNC(=O)C(C)NCC1CCCc2ccccc21. The molecule has 19 heavy (non-hydrogen) atoms. The fourth-order valence-corrected chi connectivity index (χ4v) is 2.81. The molecule has 2 atom stereocenters. The summed E-state index contributed by atoms with van der Waals surface area (Å²) in [4.78, 5) is 11.7. The number of hydrogen-bond acceptors (Lipinski definition) is 2. The van der Waals surface area contributed by atoms with E-state index in [-0.39, 0.29) is 11.9 Å². The van der Waals surface area contributed by atoms with Crippen LogP contribution < -0.4 is 10.6 Å². The van der Waals surface area contributed by atoms with Crippen molar-refractivity contribution in [2.75, 3.05) is 13.1 Å². The van der Waals surface area contributed by atoms with Crippen molar-refractivity contribution in [3.05, 3.63) is 35.4 Å². The Balaban J connectivity index is 1.92. The summed E-state index contributed by atoms with van der Waals surface area (Å²) in [6.07, 6.45) is 3.66. The van der Waals surface area contributed by atoms with Crippen molar-refractivity contribution in [2.45, 2.75) is 45.1 Å². The molecular formula is C16H24N2O. The molecule has 0 saturated carbocycles. The molecule has 2 unspecified atom stereocenters. The zero-order valence-electron chi connectivity index (χ0n) is 11.9. The molecule has 0 aromatic heterocycles. The second kappa shape index (κ2) is 6.71. The molecule has 0 bridgehead atoms. The van der Waals surface area contributed by atoms with E-state index in [9.17, 15) is 4.79 Å². The summed E-state index contributed by atoms with van der Waals surface area (Å²) >= 11 is 0. The van der Waals surface area contributed by atoms with Crippen LogP contribution in [0, 0.1) is 0 Å². The van der Waals surface area contributed by atoms with E-state index < -0.39 is 0 Å². The van der Waals surface area contributed by atoms with Crippen molar-refractivity contribution in [2.24, 2.45) is 0 Å². The van der Waals surface area contributed by atoms with Gasteiger partial charge in [-0.05, 0) is 50.2 Å². The Kier molecular flexibility index (Phi) is 4.97. The van der Waals surface area contributed by atoms with Gasteiger partial charge in [-0.1, -0.05) is 24.3 Å². The molecule has 1 aromatic carbocycles. The highest BCUT2D eigenvalue weighted by atomic mass is 16.2. The molecule has 104 valence electrons. The second-order valence-electron chi connectivity index (χ2n) is 5.31. The Morgan fingerprint density at radius 3 is 3.00 bits per heavy atom. The van der Waals surface area contributed by atoms with Crippen LogP contribution in [0.2, 0.25) is 0 Å². The molecule has 0 fully saturated rings. The Morgan fingerprint density at radius 1 is 1.42 bits per heavy atom. The van der Waals surface area contributed by atoms with Crippen LogP contribution in [0.15, 0.2) is 24.3 Å². The molecule has 1 amide bonds. The number of benzene rings is 1. The second-order valence-corrected chi connectivity index (χ2v) is 5.31. The molecule has 1 aromatic rings. The summed E-state index contributed by atoms with van der Waals surface area (Å²) in [7, 11) is 0. The average molecular weight is 260 g/mol. The van der Waals surface area contributed by atoms with Crippen molar-refractivity contribution in [3.8, 4) is 0 Å². The van der Waals surface area contributed by atoms with Crippen molar-refractivity contribution >= 4 is 5.91 Å². The minimum absolute atomic E-state index is 0.0894. The molecule has 2 rings (SSSR count). The number of hydrogen-bond donors (Lipinski definition) is 2. The van der Waals surface area contributed by atoms with Gasteiger partial charge in [0.2, 0.25) is 5.91 Å². The van der Waals surface area contributed by atoms with E-state index in [0.29, 0.717) is 12.5 Å². The van der Waals surface area contributed by atoms with E-state index >= 15 is 0 Å². The molecule has 3 heteroatoms. The quantitative estimate of drug-likeness (QED) is 0.852. The number of carbonyl (C=O) groups excluding carboxylic acids is 1. The van der Waals surface area contributed by atoms with Crippen LogP contribution in [-0.2, 0) is 11.2 Å². The van der Waals surface area contributed by atoms with Gasteiger partial charge < -0.3 is 10.6 Å². The predicted octanol–water partition coefficient (Wildman–Crippen LogP) is 2.22. The minimum atomic E-state index is -0.117. The normalized spacial score (nSPS) is 19.6. The number of nitrogens with one attached hydrogen (secondary N) is 2. The summed E-state index contributed by atoms with van der Waals surface area (Å²) in [5, 5.41) is 6.22. The van der Waals surface area contributed by atoms with E-state index in [1.807, 2.05) is 13.8 Å². The Labute approximate surface area is 115 Å². The van der Waals surface area contributed by atoms with Gasteiger partial charge in [-0.2, -0.15) is 0 Å². The number of carbonyl (C=O) groups is 1. The van der Waals surface area contributed by atoms with Crippen molar-refractivity contribution < 1.29 is 4.79 Å². The summed E-state index contributed by atoms with van der Waals surface area (Å²) in [6, 6.07) is 8.58. The lowest BCUT2D eigenvalue weighted by Crippen LogP contribution is -2.43. The fraction of sp³-hybridized carbons (Fsp3) is 0.562. The van der Waals surface area contributed by atoms with Gasteiger partial charge in [0.15, 0.2) is 0 Å². The third-order valence-electron chi connectivity index (χ3n) is 3.91. The first-order valence-corrected chi connectivity index (χ1v) is 7.31. The van der Waals surface area contributed by atoms with Crippen molar-refractivity contribution in [1.82, 2.24) is 10.6 Å². The zero-order chi connectivity index (χ0) is 13.7. The third-order valence-corrected chi connectivity index (χ3v) is 3.91. The zero-order valence-corrected chi connectivity index (χ0v) is 11.9. The molecule has 0 spiro atoms. The number of likely N-dealkylation sites (N-methyl/N-ethyl adjacent to an activating group) is 1. The van der Waals surface area contributed by atoms with Gasteiger partial charge in [0, 0.05) is 13.1 Å². The van der Waals surface area contributed by atoms with Gasteiger partial charge in [-0.3, -0.25) is 4.79 Å². The van der Waals surface area contributed by atoms with E-state index in [1.54, 1.807) is 0 Å².